The maximum Gasteiger partial charge on any atom is 0.242 e. The third-order valence-corrected chi connectivity index (χ3v) is 8.96. The van der Waals surface area contributed by atoms with Gasteiger partial charge in [-0.25, -0.2) is 4.98 Å². The summed E-state index contributed by atoms with van der Waals surface area (Å²) in [7, 11) is 0. The van der Waals surface area contributed by atoms with Crippen molar-refractivity contribution in [3.63, 3.8) is 0 Å². The van der Waals surface area contributed by atoms with Crippen LogP contribution in [0, 0.1) is 12.1 Å². The normalized spacial score (nSPS) is 14.5. The largest absolute Gasteiger partial charge is 0.336 e. The smallest absolute Gasteiger partial charge is 0.242 e. The number of anilines is 1. The Balaban J connectivity index is 0.00000312. The molecule has 5 heteroatoms. The fourth-order valence-corrected chi connectivity index (χ4v) is 6.93. The van der Waals surface area contributed by atoms with Crippen molar-refractivity contribution in [1.82, 2.24) is 9.55 Å². The van der Waals surface area contributed by atoms with Gasteiger partial charge in [0.1, 0.15) is 11.2 Å². The average molecular weight is 772 g/mol. The molecule has 0 aliphatic carbocycles. The van der Waals surface area contributed by atoms with Gasteiger partial charge in [-0.15, -0.1) is 11.6 Å². The number of fused-ring (bicyclic) bond motifs is 11. The molecule has 2 aromatic heterocycles. The minimum atomic E-state index is -0.371. The van der Waals surface area contributed by atoms with Crippen LogP contribution in [0.3, 0.4) is 0 Å². The topological polar surface area (TPSA) is 24.1 Å². The first-order chi connectivity index (χ1) is 22.1. The Hall–Kier alpha value is -5.05. The Morgan fingerprint density at radius 1 is 0.674 bits per heavy atom. The predicted molar refractivity (Wildman–Crippen MR) is 183 cm³/mol. The van der Waals surface area contributed by atoms with E-state index in [1.165, 1.54) is 16.5 Å². The Bertz CT molecular complexity index is 2310. The summed E-state index contributed by atoms with van der Waals surface area (Å²) in [5, 5.41) is 2.29. The van der Waals surface area contributed by atoms with E-state index in [2.05, 4.69) is 156 Å². The monoisotopic (exact) mass is 771 g/mol. The van der Waals surface area contributed by atoms with Gasteiger partial charge >= 0.3 is 0 Å². The molecule has 5 aromatic carbocycles. The number of aromatic nitrogens is 2. The van der Waals surface area contributed by atoms with E-state index in [9.17, 15) is 0 Å². The van der Waals surface area contributed by atoms with Crippen molar-refractivity contribution in [2.45, 2.75) is 19.4 Å². The average Bonchev–Trinajstić information content (AvgIpc) is 3.42. The van der Waals surface area contributed by atoms with Gasteiger partial charge in [-0.05, 0) is 54.8 Å². The van der Waals surface area contributed by atoms with E-state index >= 15 is 0 Å². The molecule has 0 amide bonds. The molecule has 0 spiro atoms. The van der Waals surface area contributed by atoms with Crippen molar-refractivity contribution in [1.29, 1.82) is 0 Å². The van der Waals surface area contributed by atoms with Crippen molar-refractivity contribution in [2.24, 2.45) is 0 Å². The molecule has 7 aromatic rings. The van der Waals surface area contributed by atoms with Gasteiger partial charge in [0.25, 0.3) is 0 Å². The first-order valence-electron chi connectivity index (χ1n) is 15.2. The molecule has 4 nitrogen and oxygen atoms in total. The molecule has 46 heavy (non-hydrogen) atoms. The zero-order chi connectivity index (χ0) is 30.1. The van der Waals surface area contributed by atoms with Crippen LogP contribution in [0.4, 0.5) is 11.4 Å². The van der Waals surface area contributed by atoms with Gasteiger partial charge in [-0.1, -0.05) is 89.4 Å². The second kappa shape index (κ2) is 10.8. The Morgan fingerprint density at radius 3 is 2.13 bits per heavy atom. The first-order valence-corrected chi connectivity index (χ1v) is 15.2. The molecule has 0 bridgehead atoms. The summed E-state index contributed by atoms with van der Waals surface area (Å²) < 4.78 is 4.41. The number of pyridine rings is 1. The van der Waals surface area contributed by atoms with E-state index in [-0.39, 0.29) is 26.6 Å². The second-order valence-corrected chi connectivity index (χ2v) is 12.1. The molecule has 9 rings (SSSR count). The van der Waals surface area contributed by atoms with Crippen LogP contribution in [0.5, 0.6) is 0 Å². The molecule has 0 radical (unpaired) electrons. The number of para-hydroxylation sites is 2. The molecule has 0 saturated heterocycles. The Labute approximate surface area is 282 Å². The quantitative estimate of drug-likeness (QED) is 0.129. The third kappa shape index (κ3) is 4.24. The van der Waals surface area contributed by atoms with Gasteiger partial charge in [-0.3, -0.25) is 0 Å². The van der Waals surface area contributed by atoms with Crippen LogP contribution in [-0.2, 0) is 21.1 Å². The molecular weight excluding hydrogens is 744 g/mol. The summed E-state index contributed by atoms with van der Waals surface area (Å²) in [5.41, 5.74) is 11.3. The Morgan fingerprint density at radius 2 is 1.35 bits per heavy atom. The summed E-state index contributed by atoms with van der Waals surface area (Å²) in [6.07, 6.45) is 8.03. The van der Waals surface area contributed by atoms with Gasteiger partial charge in [0.05, 0.1) is 11.2 Å². The summed E-state index contributed by atoms with van der Waals surface area (Å²) in [5.74, 6) is 0. The molecular formula is C41H28N4Pt-2. The van der Waals surface area contributed by atoms with E-state index in [0.29, 0.717) is 0 Å². The molecule has 2 aliphatic rings. The van der Waals surface area contributed by atoms with E-state index in [4.69, 9.17) is 4.98 Å². The molecule has 0 unspecified atom stereocenters. The number of hydrogen-bond donors (Lipinski definition) is 0. The number of rotatable bonds is 2. The van der Waals surface area contributed by atoms with E-state index in [1.807, 2.05) is 24.4 Å². The molecule has 224 valence electrons. The van der Waals surface area contributed by atoms with Crippen molar-refractivity contribution in [3.8, 4) is 27.9 Å². The molecule has 0 atom stereocenters. The summed E-state index contributed by atoms with van der Waals surface area (Å²) >= 11 is 0. The fraction of sp³-hybridized carbons (Fsp3) is 0.0732. The Kier molecular flexibility index (Phi) is 6.67. The standard InChI is InChI=1S/C41H28N4.Pt/c1-41(2)26-39-33-18-9-8-16-31(33)30-15-6-7-17-32(30)35-23-22-29(25-38(35)43(39)27-44(41)28-13-4-3-5-14-28)45-37-21-11-10-19-34(37)36-20-12-24-42-40(36)45;/h3-13,15-24,26H,1-2H3;/q-2;. The van der Waals surface area contributed by atoms with Crippen molar-refractivity contribution in [3.05, 3.63) is 151 Å². The van der Waals surface area contributed by atoms with Gasteiger partial charge in [0.15, 0.2) is 0 Å². The summed E-state index contributed by atoms with van der Waals surface area (Å²) in [4.78, 5) is 7.04. The third-order valence-electron chi connectivity index (χ3n) is 8.96. The van der Waals surface area contributed by atoms with Gasteiger partial charge in [-0.2, -0.15) is 42.5 Å². The maximum absolute atomic E-state index is 4.85. The minimum absolute atomic E-state index is 0. The van der Waals surface area contributed by atoms with Crippen LogP contribution < -0.4 is 4.90 Å². The minimum Gasteiger partial charge on any atom is -0.336 e. The zero-order valence-corrected chi connectivity index (χ0v) is 27.6. The predicted octanol–water partition coefficient (Wildman–Crippen LogP) is 9.31. The van der Waals surface area contributed by atoms with Gasteiger partial charge < -0.3 is 14.0 Å². The summed E-state index contributed by atoms with van der Waals surface area (Å²) in [6, 6.07) is 49.9. The number of hydrogen-bond acceptors (Lipinski definition) is 2. The molecule has 0 fully saturated rings. The van der Waals surface area contributed by atoms with Gasteiger partial charge in [0.2, 0.25) is 6.34 Å². The van der Waals surface area contributed by atoms with Crippen LogP contribution in [0.25, 0.3) is 55.6 Å². The van der Waals surface area contributed by atoms with Crippen molar-refractivity contribution < 1.29 is 25.6 Å². The van der Waals surface area contributed by atoms with E-state index < -0.39 is 0 Å². The molecule has 0 saturated carbocycles. The number of benzene rings is 5. The van der Waals surface area contributed by atoms with E-state index in [0.717, 1.165) is 56.0 Å². The molecule has 0 N–H and O–H groups in total. The first kappa shape index (κ1) is 28.4. The SMILES string of the molecule is CC1(C)C=C2c3ccccc3-c3ccccc3-c3ccc(-n4c5ccccc5c5cccnc54)[c-]c3N2[C-]=[N+]1c1[c-]cccc1.[Pt]. The van der Waals surface area contributed by atoms with Crippen LogP contribution in [0.1, 0.15) is 19.4 Å². The zero-order valence-electron chi connectivity index (χ0n) is 25.3. The number of nitrogens with zero attached hydrogens (tertiary/aromatic N) is 4. The fourth-order valence-electron chi connectivity index (χ4n) is 6.93. The van der Waals surface area contributed by atoms with Crippen LogP contribution in [0.2, 0.25) is 0 Å². The van der Waals surface area contributed by atoms with E-state index in [1.54, 1.807) is 0 Å². The van der Waals surface area contributed by atoms with Gasteiger partial charge in [0, 0.05) is 38.0 Å². The van der Waals surface area contributed by atoms with Crippen molar-refractivity contribution >= 4 is 45.3 Å². The van der Waals surface area contributed by atoms with Crippen LogP contribution in [-0.4, -0.2) is 26.0 Å². The summed E-state index contributed by atoms with van der Waals surface area (Å²) in [6.45, 7) is 4.45. The molecule has 2 aliphatic heterocycles. The van der Waals surface area contributed by atoms with Crippen LogP contribution in [0.15, 0.2) is 134 Å². The molecule has 4 heterocycles. The van der Waals surface area contributed by atoms with Crippen molar-refractivity contribution in [2.75, 3.05) is 4.90 Å². The maximum atomic E-state index is 4.85. The van der Waals surface area contributed by atoms with Crippen LogP contribution >= 0.6 is 0 Å². The second-order valence-electron chi connectivity index (χ2n) is 12.1.